The van der Waals surface area contributed by atoms with Crippen molar-refractivity contribution in [2.45, 2.75) is 32.7 Å². The Bertz CT molecular complexity index is 939. The quantitative estimate of drug-likeness (QED) is 0.760. The average Bonchev–Trinajstić information content (AvgIpc) is 3.13. The van der Waals surface area contributed by atoms with Crippen molar-refractivity contribution in [3.8, 4) is 5.75 Å². The van der Waals surface area contributed by atoms with Crippen molar-refractivity contribution < 1.29 is 14.3 Å². The normalized spacial score (nSPS) is 16.3. The van der Waals surface area contributed by atoms with E-state index in [1.807, 2.05) is 35.2 Å². The summed E-state index contributed by atoms with van der Waals surface area (Å²) in [5.41, 5.74) is 4.52. The summed E-state index contributed by atoms with van der Waals surface area (Å²) in [6.07, 6.45) is 0.806. The number of fused-ring (bicyclic) bond motifs is 1. The third-order valence-electron chi connectivity index (χ3n) is 6.07. The van der Waals surface area contributed by atoms with Crippen molar-refractivity contribution in [1.82, 2.24) is 9.80 Å². The van der Waals surface area contributed by atoms with Crippen LogP contribution < -0.4 is 9.64 Å². The van der Waals surface area contributed by atoms with Crippen LogP contribution in [0.2, 0.25) is 0 Å². The SMILES string of the molecule is COc1ccc2c(c1)CCN(C(=O)CN1CCN(c3ccc(C(C)C)cc3)C1=O)C2. The first-order chi connectivity index (χ1) is 14.5. The lowest BCUT2D eigenvalue weighted by atomic mass is 9.99. The minimum absolute atomic E-state index is 0.00169. The maximum atomic E-state index is 12.9. The van der Waals surface area contributed by atoms with Gasteiger partial charge in [0.25, 0.3) is 0 Å². The van der Waals surface area contributed by atoms with Crippen LogP contribution in [0.15, 0.2) is 42.5 Å². The van der Waals surface area contributed by atoms with Gasteiger partial charge in [-0.25, -0.2) is 4.79 Å². The maximum absolute atomic E-state index is 12.9. The number of ether oxygens (including phenoxy) is 1. The van der Waals surface area contributed by atoms with Gasteiger partial charge in [0.1, 0.15) is 12.3 Å². The lowest BCUT2D eigenvalue weighted by Crippen LogP contribution is -2.44. The highest BCUT2D eigenvalue weighted by Gasteiger charge is 2.32. The van der Waals surface area contributed by atoms with Crippen LogP contribution in [-0.4, -0.2) is 55.0 Å². The molecule has 0 radical (unpaired) electrons. The Labute approximate surface area is 178 Å². The molecule has 2 aliphatic rings. The predicted octanol–water partition coefficient (Wildman–Crippen LogP) is 3.65. The number of benzene rings is 2. The van der Waals surface area contributed by atoms with Crippen molar-refractivity contribution >= 4 is 17.6 Å². The zero-order valence-electron chi connectivity index (χ0n) is 17.9. The van der Waals surface area contributed by atoms with Crippen LogP contribution in [0, 0.1) is 0 Å². The molecule has 0 bridgehead atoms. The number of nitrogens with zero attached hydrogens (tertiary/aromatic N) is 3. The van der Waals surface area contributed by atoms with E-state index in [1.54, 1.807) is 16.9 Å². The smallest absolute Gasteiger partial charge is 0.325 e. The van der Waals surface area contributed by atoms with Crippen molar-refractivity contribution in [2.75, 3.05) is 38.2 Å². The third-order valence-corrected chi connectivity index (χ3v) is 6.07. The van der Waals surface area contributed by atoms with Crippen LogP contribution in [0.1, 0.15) is 36.5 Å². The Morgan fingerprint density at radius 1 is 1.03 bits per heavy atom. The first-order valence-corrected chi connectivity index (χ1v) is 10.6. The van der Waals surface area contributed by atoms with Gasteiger partial charge in [-0.2, -0.15) is 0 Å². The summed E-state index contributed by atoms with van der Waals surface area (Å²) >= 11 is 0. The number of amides is 3. The molecule has 1 saturated heterocycles. The van der Waals surface area contributed by atoms with Gasteiger partial charge in [-0.05, 0) is 53.3 Å². The molecule has 6 heteroatoms. The molecule has 2 heterocycles. The van der Waals surface area contributed by atoms with E-state index in [4.69, 9.17) is 4.74 Å². The summed E-state index contributed by atoms with van der Waals surface area (Å²) in [6, 6.07) is 14.0. The molecule has 3 amide bonds. The van der Waals surface area contributed by atoms with Crippen LogP contribution in [0.5, 0.6) is 5.75 Å². The molecule has 0 atom stereocenters. The lowest BCUT2D eigenvalue weighted by Gasteiger charge is -2.30. The van der Waals surface area contributed by atoms with Crippen molar-refractivity contribution in [2.24, 2.45) is 0 Å². The van der Waals surface area contributed by atoms with E-state index in [2.05, 4.69) is 26.0 Å². The molecule has 4 rings (SSSR count). The van der Waals surface area contributed by atoms with Gasteiger partial charge in [-0.3, -0.25) is 9.69 Å². The van der Waals surface area contributed by atoms with Gasteiger partial charge in [0, 0.05) is 31.9 Å². The van der Waals surface area contributed by atoms with Crippen molar-refractivity contribution in [3.63, 3.8) is 0 Å². The molecule has 0 saturated carbocycles. The molecule has 0 unspecified atom stereocenters. The van der Waals surface area contributed by atoms with Crippen LogP contribution in [0.3, 0.4) is 0 Å². The molecule has 30 heavy (non-hydrogen) atoms. The van der Waals surface area contributed by atoms with Gasteiger partial charge >= 0.3 is 6.03 Å². The molecule has 2 aromatic rings. The molecule has 0 aliphatic carbocycles. The maximum Gasteiger partial charge on any atom is 0.325 e. The number of hydrogen-bond donors (Lipinski definition) is 0. The van der Waals surface area contributed by atoms with E-state index in [0.717, 1.165) is 23.4 Å². The lowest BCUT2D eigenvalue weighted by molar-refractivity contribution is -0.132. The Morgan fingerprint density at radius 3 is 2.50 bits per heavy atom. The minimum atomic E-state index is -0.0946. The highest BCUT2D eigenvalue weighted by Crippen LogP contribution is 2.25. The monoisotopic (exact) mass is 407 g/mol. The van der Waals surface area contributed by atoms with E-state index in [1.165, 1.54) is 11.1 Å². The molecule has 0 aromatic heterocycles. The van der Waals surface area contributed by atoms with Crippen molar-refractivity contribution in [3.05, 3.63) is 59.2 Å². The van der Waals surface area contributed by atoms with E-state index < -0.39 is 0 Å². The van der Waals surface area contributed by atoms with E-state index >= 15 is 0 Å². The second-order valence-corrected chi connectivity index (χ2v) is 8.30. The number of anilines is 1. The van der Waals surface area contributed by atoms with Gasteiger partial charge in [0.15, 0.2) is 0 Å². The van der Waals surface area contributed by atoms with Crippen LogP contribution in [0.4, 0.5) is 10.5 Å². The predicted molar refractivity (Wildman–Crippen MR) is 117 cm³/mol. The summed E-state index contributed by atoms with van der Waals surface area (Å²) in [4.78, 5) is 31.0. The number of carbonyl (C=O) groups excluding carboxylic acids is 2. The van der Waals surface area contributed by atoms with Crippen molar-refractivity contribution in [1.29, 1.82) is 0 Å². The molecule has 1 fully saturated rings. The Kier molecular flexibility index (Phi) is 5.66. The number of rotatable bonds is 5. The largest absolute Gasteiger partial charge is 0.497 e. The standard InChI is InChI=1S/C24H29N3O3/c1-17(2)18-4-7-21(8-5-18)27-13-12-26(24(27)29)16-23(28)25-11-10-19-14-22(30-3)9-6-20(19)15-25/h4-9,14,17H,10-13,15-16H2,1-3H3. The number of hydrogen-bond acceptors (Lipinski definition) is 3. The van der Waals surface area contributed by atoms with Gasteiger partial charge in [0.05, 0.1) is 7.11 Å². The fourth-order valence-corrected chi connectivity index (χ4v) is 4.14. The summed E-state index contributed by atoms with van der Waals surface area (Å²) in [5, 5.41) is 0. The molecular formula is C24H29N3O3. The zero-order chi connectivity index (χ0) is 21.3. The molecule has 2 aliphatic heterocycles. The second-order valence-electron chi connectivity index (χ2n) is 8.30. The molecule has 0 spiro atoms. The summed E-state index contributed by atoms with van der Waals surface area (Å²) in [6.45, 7) is 6.86. The fraction of sp³-hybridized carbons (Fsp3) is 0.417. The summed E-state index contributed by atoms with van der Waals surface area (Å²) in [7, 11) is 1.66. The fourth-order valence-electron chi connectivity index (χ4n) is 4.14. The van der Waals surface area contributed by atoms with Gasteiger partial charge in [0.2, 0.25) is 5.91 Å². The Morgan fingerprint density at radius 2 is 1.80 bits per heavy atom. The number of carbonyl (C=O) groups is 2. The van der Waals surface area contributed by atoms with Crippen LogP contribution >= 0.6 is 0 Å². The average molecular weight is 408 g/mol. The second kappa shape index (κ2) is 8.38. The minimum Gasteiger partial charge on any atom is -0.497 e. The van der Waals surface area contributed by atoms with E-state index in [9.17, 15) is 9.59 Å². The van der Waals surface area contributed by atoms with Gasteiger partial charge in [-0.1, -0.05) is 32.0 Å². The van der Waals surface area contributed by atoms with Crippen LogP contribution in [-0.2, 0) is 17.8 Å². The Balaban J connectivity index is 1.37. The van der Waals surface area contributed by atoms with E-state index in [0.29, 0.717) is 32.1 Å². The molecule has 2 aromatic carbocycles. The number of methoxy groups -OCH3 is 1. The number of urea groups is 1. The van der Waals surface area contributed by atoms with E-state index in [-0.39, 0.29) is 18.5 Å². The third kappa shape index (κ3) is 3.99. The summed E-state index contributed by atoms with van der Waals surface area (Å²) in [5.74, 6) is 1.30. The summed E-state index contributed by atoms with van der Waals surface area (Å²) < 4.78 is 5.29. The Hall–Kier alpha value is -3.02. The van der Waals surface area contributed by atoms with Crippen LogP contribution in [0.25, 0.3) is 0 Å². The topological polar surface area (TPSA) is 53.1 Å². The zero-order valence-corrected chi connectivity index (χ0v) is 17.9. The molecule has 0 N–H and O–H groups in total. The first kappa shape index (κ1) is 20.3. The first-order valence-electron chi connectivity index (χ1n) is 10.6. The molecular weight excluding hydrogens is 378 g/mol. The highest BCUT2D eigenvalue weighted by molar-refractivity contribution is 5.96. The molecule has 158 valence electrons. The molecule has 6 nitrogen and oxygen atoms in total. The van der Waals surface area contributed by atoms with Gasteiger partial charge in [-0.15, -0.1) is 0 Å². The van der Waals surface area contributed by atoms with Gasteiger partial charge < -0.3 is 14.5 Å². The highest BCUT2D eigenvalue weighted by atomic mass is 16.5.